The summed E-state index contributed by atoms with van der Waals surface area (Å²) in [5, 5.41) is 5.85. The van der Waals surface area contributed by atoms with E-state index in [0.717, 1.165) is 44.2 Å². The zero-order chi connectivity index (χ0) is 22.2. The Kier molecular flexibility index (Phi) is 3.34. The second kappa shape index (κ2) is 6.39. The van der Waals surface area contributed by atoms with Crippen molar-refractivity contribution in [1.29, 1.82) is 0 Å². The van der Waals surface area contributed by atoms with Crippen LogP contribution >= 0.6 is 0 Å². The number of para-hydroxylation sites is 2. The largest absolute Gasteiger partial charge is 0.309 e. The Hall–Kier alpha value is -4.77. The minimum atomic E-state index is 0.743. The van der Waals surface area contributed by atoms with Crippen LogP contribution in [0.3, 0.4) is 0 Å². The van der Waals surface area contributed by atoms with Crippen LogP contribution in [0.15, 0.2) is 104 Å². The standard InChI is InChI=1S/C29H17N5/c1-2-7-18(8-3-1)33-24-10-5-4-9-19(24)22-15-23-21(16-26(22)33)20-12-14-30-17-27(20)34-25-11-6-13-31-28(25)32-29(23)34/h1-17H. The van der Waals surface area contributed by atoms with Crippen LogP contribution in [0, 0.1) is 0 Å². The minimum Gasteiger partial charge on any atom is -0.309 e. The van der Waals surface area contributed by atoms with Gasteiger partial charge < -0.3 is 4.57 Å². The Balaban J connectivity index is 1.67. The Morgan fingerprint density at radius 2 is 1.38 bits per heavy atom. The number of aromatic nitrogens is 5. The number of imidazole rings is 1. The van der Waals surface area contributed by atoms with Crippen LogP contribution in [-0.4, -0.2) is 23.9 Å². The summed E-state index contributed by atoms with van der Waals surface area (Å²) in [5.74, 6) is 0. The molecule has 3 aromatic carbocycles. The molecule has 0 amide bonds. The third-order valence-electron chi connectivity index (χ3n) is 6.83. The lowest BCUT2D eigenvalue weighted by Crippen LogP contribution is -1.95. The molecule has 0 aliphatic rings. The van der Waals surface area contributed by atoms with Gasteiger partial charge >= 0.3 is 0 Å². The molecule has 158 valence electrons. The second-order valence-corrected chi connectivity index (χ2v) is 8.61. The topological polar surface area (TPSA) is 48.0 Å². The maximum Gasteiger partial charge on any atom is 0.178 e. The fourth-order valence-corrected chi connectivity index (χ4v) is 5.41. The molecule has 0 spiro atoms. The van der Waals surface area contributed by atoms with Crippen LogP contribution in [0.25, 0.3) is 66.0 Å². The molecule has 8 aromatic rings. The third-order valence-corrected chi connectivity index (χ3v) is 6.83. The first-order chi connectivity index (χ1) is 16.9. The van der Waals surface area contributed by atoms with Gasteiger partial charge in [0.2, 0.25) is 0 Å². The zero-order valence-electron chi connectivity index (χ0n) is 18.1. The lowest BCUT2D eigenvalue weighted by atomic mass is 10.0. The summed E-state index contributed by atoms with van der Waals surface area (Å²) in [4.78, 5) is 13.9. The molecule has 0 radical (unpaired) electrons. The molecule has 0 fully saturated rings. The summed E-state index contributed by atoms with van der Waals surface area (Å²) in [5.41, 5.74) is 7.18. The Bertz CT molecular complexity index is 2070. The van der Waals surface area contributed by atoms with Crippen molar-refractivity contribution >= 4 is 60.3 Å². The number of benzene rings is 3. The minimum absolute atomic E-state index is 0.743. The first-order valence-corrected chi connectivity index (χ1v) is 11.3. The maximum absolute atomic E-state index is 4.96. The smallest absolute Gasteiger partial charge is 0.178 e. The summed E-state index contributed by atoms with van der Waals surface area (Å²) in [7, 11) is 0. The van der Waals surface area contributed by atoms with E-state index in [1.54, 1.807) is 6.20 Å². The number of pyridine rings is 3. The van der Waals surface area contributed by atoms with Gasteiger partial charge in [0.05, 0.1) is 28.3 Å². The fourth-order valence-electron chi connectivity index (χ4n) is 5.41. The van der Waals surface area contributed by atoms with E-state index in [9.17, 15) is 0 Å². The van der Waals surface area contributed by atoms with E-state index in [4.69, 9.17) is 4.98 Å². The van der Waals surface area contributed by atoms with E-state index >= 15 is 0 Å². The first kappa shape index (κ1) is 17.7. The predicted octanol–water partition coefficient (Wildman–Crippen LogP) is 6.68. The van der Waals surface area contributed by atoms with Gasteiger partial charge in [-0.15, -0.1) is 0 Å². The lowest BCUT2D eigenvalue weighted by molar-refractivity contribution is 1.18. The molecule has 0 aliphatic carbocycles. The highest BCUT2D eigenvalue weighted by Gasteiger charge is 2.18. The maximum atomic E-state index is 4.96. The van der Waals surface area contributed by atoms with Crippen LogP contribution in [0.4, 0.5) is 0 Å². The van der Waals surface area contributed by atoms with Gasteiger partial charge in [-0.2, -0.15) is 0 Å². The Labute approximate surface area is 193 Å². The number of fused-ring (bicyclic) bond motifs is 11. The normalized spacial score (nSPS) is 12.1. The zero-order valence-corrected chi connectivity index (χ0v) is 18.1. The van der Waals surface area contributed by atoms with E-state index < -0.39 is 0 Å². The molecule has 5 heterocycles. The predicted molar refractivity (Wildman–Crippen MR) is 138 cm³/mol. The molecule has 0 saturated heterocycles. The molecule has 0 unspecified atom stereocenters. The highest BCUT2D eigenvalue weighted by molar-refractivity contribution is 6.21. The van der Waals surface area contributed by atoms with Gasteiger partial charge in [0, 0.05) is 39.6 Å². The van der Waals surface area contributed by atoms with Gasteiger partial charge in [0.1, 0.15) is 5.65 Å². The van der Waals surface area contributed by atoms with Crippen molar-refractivity contribution < 1.29 is 0 Å². The van der Waals surface area contributed by atoms with E-state index in [1.807, 2.05) is 18.5 Å². The van der Waals surface area contributed by atoms with Crippen molar-refractivity contribution in [3.8, 4) is 5.69 Å². The fraction of sp³-hybridized carbons (Fsp3) is 0. The summed E-state index contributed by atoms with van der Waals surface area (Å²) in [6, 6.07) is 29.9. The van der Waals surface area contributed by atoms with Crippen LogP contribution in [0.1, 0.15) is 0 Å². The number of hydrogen-bond donors (Lipinski definition) is 0. The quantitative estimate of drug-likeness (QED) is 0.270. The first-order valence-electron chi connectivity index (χ1n) is 11.3. The van der Waals surface area contributed by atoms with Crippen LogP contribution in [-0.2, 0) is 0 Å². The van der Waals surface area contributed by atoms with Gasteiger partial charge in [-0.1, -0.05) is 36.4 Å². The summed E-state index contributed by atoms with van der Waals surface area (Å²) in [6.07, 6.45) is 5.58. The summed E-state index contributed by atoms with van der Waals surface area (Å²) >= 11 is 0. The Morgan fingerprint density at radius 3 is 2.32 bits per heavy atom. The molecular weight excluding hydrogens is 418 g/mol. The molecule has 0 saturated carbocycles. The van der Waals surface area contributed by atoms with E-state index in [2.05, 4.69) is 97.8 Å². The van der Waals surface area contributed by atoms with E-state index in [1.165, 1.54) is 21.8 Å². The molecule has 8 rings (SSSR count). The molecule has 5 aromatic heterocycles. The van der Waals surface area contributed by atoms with Crippen molar-refractivity contribution in [2.45, 2.75) is 0 Å². The van der Waals surface area contributed by atoms with Crippen molar-refractivity contribution in [3.05, 3.63) is 104 Å². The van der Waals surface area contributed by atoms with Crippen LogP contribution < -0.4 is 0 Å². The van der Waals surface area contributed by atoms with Gasteiger partial charge in [-0.05, 0) is 53.9 Å². The highest BCUT2D eigenvalue weighted by Crippen LogP contribution is 2.38. The Morgan fingerprint density at radius 1 is 0.559 bits per heavy atom. The number of rotatable bonds is 1. The molecule has 0 atom stereocenters. The molecule has 0 aliphatic heterocycles. The van der Waals surface area contributed by atoms with Gasteiger partial charge in [0.25, 0.3) is 0 Å². The number of hydrogen-bond acceptors (Lipinski definition) is 3. The molecule has 0 N–H and O–H groups in total. The van der Waals surface area contributed by atoms with Crippen molar-refractivity contribution in [2.24, 2.45) is 0 Å². The molecule has 0 bridgehead atoms. The van der Waals surface area contributed by atoms with Crippen LogP contribution in [0.2, 0.25) is 0 Å². The highest BCUT2D eigenvalue weighted by atomic mass is 15.1. The monoisotopic (exact) mass is 435 g/mol. The molecular formula is C29H17N5. The molecule has 34 heavy (non-hydrogen) atoms. The van der Waals surface area contributed by atoms with Crippen LogP contribution in [0.5, 0.6) is 0 Å². The van der Waals surface area contributed by atoms with Gasteiger partial charge in [-0.3, -0.25) is 9.38 Å². The summed E-state index contributed by atoms with van der Waals surface area (Å²) in [6.45, 7) is 0. The van der Waals surface area contributed by atoms with Crippen molar-refractivity contribution in [3.63, 3.8) is 0 Å². The third kappa shape index (κ3) is 2.20. The average molecular weight is 435 g/mol. The summed E-state index contributed by atoms with van der Waals surface area (Å²) < 4.78 is 4.54. The van der Waals surface area contributed by atoms with Crippen molar-refractivity contribution in [2.75, 3.05) is 0 Å². The van der Waals surface area contributed by atoms with Crippen molar-refractivity contribution in [1.82, 2.24) is 23.9 Å². The molecule has 5 nitrogen and oxygen atoms in total. The lowest BCUT2D eigenvalue weighted by Gasteiger charge is -2.11. The second-order valence-electron chi connectivity index (χ2n) is 8.61. The van der Waals surface area contributed by atoms with E-state index in [0.29, 0.717) is 0 Å². The van der Waals surface area contributed by atoms with Gasteiger partial charge in [0.15, 0.2) is 5.65 Å². The molecule has 5 heteroatoms. The van der Waals surface area contributed by atoms with E-state index in [-0.39, 0.29) is 0 Å². The average Bonchev–Trinajstić information content (AvgIpc) is 3.44. The SMILES string of the molecule is c1ccc(-n2c3ccccc3c3cc4c(cc32)c2ccncc2n2c3cccnc3nc42)cc1. The number of nitrogens with zero attached hydrogens (tertiary/aromatic N) is 5. The van der Waals surface area contributed by atoms with Gasteiger partial charge in [-0.25, -0.2) is 9.97 Å².